The number of rotatable bonds is 5. The van der Waals surface area contributed by atoms with E-state index in [1.165, 1.54) is 0 Å². The SMILES string of the molecule is CCC(=N)/C(C)=C(\N)C(=O)Nc1ccc([C@@H]2CNCCO2)nc1. The second-order valence-electron chi connectivity index (χ2n) is 5.36. The second-order valence-corrected chi connectivity index (χ2v) is 5.36. The van der Waals surface area contributed by atoms with E-state index in [1.807, 2.05) is 13.0 Å². The van der Waals surface area contributed by atoms with Gasteiger partial charge in [0.15, 0.2) is 0 Å². The summed E-state index contributed by atoms with van der Waals surface area (Å²) in [5, 5.41) is 13.7. The minimum atomic E-state index is -0.425. The fraction of sp³-hybridized carbons (Fsp3) is 0.438. The van der Waals surface area contributed by atoms with Crippen LogP contribution in [0.1, 0.15) is 32.1 Å². The van der Waals surface area contributed by atoms with Gasteiger partial charge in [0.25, 0.3) is 5.91 Å². The third-order valence-corrected chi connectivity index (χ3v) is 3.76. The van der Waals surface area contributed by atoms with Gasteiger partial charge in [-0.25, -0.2) is 0 Å². The zero-order valence-corrected chi connectivity index (χ0v) is 13.5. The largest absolute Gasteiger partial charge is 0.394 e. The van der Waals surface area contributed by atoms with Gasteiger partial charge in [0.05, 0.1) is 24.2 Å². The number of hydrogen-bond acceptors (Lipinski definition) is 6. The predicted molar refractivity (Wildman–Crippen MR) is 89.3 cm³/mol. The summed E-state index contributed by atoms with van der Waals surface area (Å²) in [6.07, 6.45) is 2.05. The zero-order valence-electron chi connectivity index (χ0n) is 13.5. The molecule has 1 atom stereocenters. The lowest BCUT2D eigenvalue weighted by atomic mass is 10.1. The number of morpholine rings is 1. The van der Waals surface area contributed by atoms with Gasteiger partial charge in [-0.1, -0.05) is 6.92 Å². The van der Waals surface area contributed by atoms with Crippen LogP contribution in [0.4, 0.5) is 5.69 Å². The summed E-state index contributed by atoms with van der Waals surface area (Å²) in [5.41, 5.74) is 8.10. The second kappa shape index (κ2) is 7.85. The van der Waals surface area contributed by atoms with Crippen molar-refractivity contribution in [3.8, 4) is 0 Å². The van der Waals surface area contributed by atoms with Gasteiger partial charge in [0.2, 0.25) is 0 Å². The first-order valence-corrected chi connectivity index (χ1v) is 7.66. The number of ether oxygens (including phenoxy) is 1. The van der Waals surface area contributed by atoms with Crippen molar-refractivity contribution in [2.24, 2.45) is 5.73 Å². The fourth-order valence-electron chi connectivity index (χ4n) is 2.22. The Morgan fingerprint density at radius 1 is 1.57 bits per heavy atom. The highest BCUT2D eigenvalue weighted by atomic mass is 16.5. The molecule has 7 heteroatoms. The normalized spacial score (nSPS) is 19.0. The lowest BCUT2D eigenvalue weighted by Crippen LogP contribution is -2.33. The molecule has 1 saturated heterocycles. The molecule has 1 aliphatic heterocycles. The monoisotopic (exact) mass is 317 g/mol. The molecular weight excluding hydrogens is 294 g/mol. The summed E-state index contributed by atoms with van der Waals surface area (Å²) >= 11 is 0. The van der Waals surface area contributed by atoms with Crippen LogP contribution in [0.3, 0.4) is 0 Å². The average Bonchev–Trinajstić information content (AvgIpc) is 2.61. The standard InChI is InChI=1S/C16H23N5O2/c1-3-12(17)10(2)15(18)16(22)21-11-4-5-13(20-8-11)14-9-19-6-7-23-14/h4-5,8,14,17,19H,3,6-7,9,18H2,1-2H3,(H,21,22)/b15-10-,17-12?/t14-/m0/s1. The predicted octanol–water partition coefficient (Wildman–Crippen LogP) is 1.34. The van der Waals surface area contributed by atoms with Crippen LogP contribution < -0.4 is 16.4 Å². The summed E-state index contributed by atoms with van der Waals surface area (Å²) in [4.78, 5) is 16.4. The Hall–Kier alpha value is -2.25. The van der Waals surface area contributed by atoms with Gasteiger partial charge in [-0.3, -0.25) is 9.78 Å². The number of aromatic nitrogens is 1. The van der Waals surface area contributed by atoms with E-state index in [0.717, 1.165) is 18.8 Å². The summed E-state index contributed by atoms with van der Waals surface area (Å²) < 4.78 is 5.63. The van der Waals surface area contributed by atoms with Crippen molar-refractivity contribution in [2.45, 2.75) is 26.4 Å². The molecule has 0 spiro atoms. The highest BCUT2D eigenvalue weighted by molar-refractivity contribution is 6.10. The number of anilines is 1. The Labute approximate surface area is 135 Å². The van der Waals surface area contributed by atoms with Gasteiger partial charge in [0, 0.05) is 18.8 Å². The average molecular weight is 317 g/mol. The molecule has 1 aromatic heterocycles. The van der Waals surface area contributed by atoms with Crippen molar-refractivity contribution in [1.29, 1.82) is 5.41 Å². The quantitative estimate of drug-likeness (QED) is 0.483. The van der Waals surface area contributed by atoms with E-state index in [0.29, 0.717) is 30.0 Å². The maximum atomic E-state index is 12.1. The molecule has 0 unspecified atom stereocenters. The number of allylic oxidation sites excluding steroid dienone is 1. The van der Waals surface area contributed by atoms with Gasteiger partial charge in [0.1, 0.15) is 11.8 Å². The molecule has 1 aromatic rings. The van der Waals surface area contributed by atoms with E-state index >= 15 is 0 Å². The number of nitrogens with zero attached hydrogens (tertiary/aromatic N) is 1. The highest BCUT2D eigenvalue weighted by Crippen LogP contribution is 2.18. The smallest absolute Gasteiger partial charge is 0.271 e. The molecule has 2 rings (SSSR count). The summed E-state index contributed by atoms with van der Waals surface area (Å²) in [6, 6.07) is 3.60. The Morgan fingerprint density at radius 3 is 2.91 bits per heavy atom. The molecule has 1 amide bonds. The van der Waals surface area contributed by atoms with Crippen LogP contribution in [-0.2, 0) is 9.53 Å². The van der Waals surface area contributed by atoms with Crippen molar-refractivity contribution >= 4 is 17.3 Å². The van der Waals surface area contributed by atoms with Crippen LogP contribution in [-0.4, -0.2) is 36.3 Å². The molecule has 0 bridgehead atoms. The number of carbonyl (C=O) groups is 1. The first kappa shape index (κ1) is 17.1. The Bertz CT molecular complexity index is 603. The van der Waals surface area contributed by atoms with Crippen LogP contribution in [0.2, 0.25) is 0 Å². The molecule has 124 valence electrons. The number of carbonyl (C=O) groups excluding carboxylic acids is 1. The maximum absolute atomic E-state index is 12.1. The molecule has 2 heterocycles. The molecule has 23 heavy (non-hydrogen) atoms. The topological polar surface area (TPSA) is 113 Å². The van der Waals surface area contributed by atoms with E-state index in [9.17, 15) is 4.79 Å². The van der Waals surface area contributed by atoms with E-state index < -0.39 is 5.91 Å². The van der Waals surface area contributed by atoms with Gasteiger partial charge in [-0.05, 0) is 31.1 Å². The van der Waals surface area contributed by atoms with Gasteiger partial charge in [-0.2, -0.15) is 0 Å². The van der Waals surface area contributed by atoms with E-state index in [-0.39, 0.29) is 11.8 Å². The molecule has 1 aliphatic rings. The zero-order chi connectivity index (χ0) is 16.8. The van der Waals surface area contributed by atoms with Crippen molar-refractivity contribution in [1.82, 2.24) is 10.3 Å². The minimum Gasteiger partial charge on any atom is -0.394 e. The van der Waals surface area contributed by atoms with Crippen molar-refractivity contribution in [3.63, 3.8) is 0 Å². The number of hydrogen-bond donors (Lipinski definition) is 4. The number of amides is 1. The third-order valence-electron chi connectivity index (χ3n) is 3.76. The molecule has 1 fully saturated rings. The van der Waals surface area contributed by atoms with Gasteiger partial charge < -0.3 is 26.5 Å². The fourth-order valence-corrected chi connectivity index (χ4v) is 2.22. The minimum absolute atomic E-state index is 0.0562. The molecule has 5 N–H and O–H groups in total. The highest BCUT2D eigenvalue weighted by Gasteiger charge is 2.17. The summed E-state index contributed by atoms with van der Waals surface area (Å²) in [6.45, 7) is 5.77. The van der Waals surface area contributed by atoms with E-state index in [1.54, 1.807) is 19.2 Å². The summed E-state index contributed by atoms with van der Waals surface area (Å²) in [5.74, 6) is -0.425. The van der Waals surface area contributed by atoms with Crippen molar-refractivity contribution in [2.75, 3.05) is 25.0 Å². The molecule has 0 radical (unpaired) electrons. The maximum Gasteiger partial charge on any atom is 0.271 e. The first-order valence-electron chi connectivity index (χ1n) is 7.66. The molecule has 0 saturated carbocycles. The molecule has 0 aromatic carbocycles. The number of nitrogens with two attached hydrogens (primary N) is 1. The number of pyridine rings is 1. The molecular formula is C16H23N5O2. The van der Waals surface area contributed by atoms with E-state index in [4.69, 9.17) is 15.9 Å². The summed E-state index contributed by atoms with van der Waals surface area (Å²) in [7, 11) is 0. The van der Waals surface area contributed by atoms with Crippen LogP contribution in [0, 0.1) is 5.41 Å². The first-order chi connectivity index (χ1) is 11.0. The third kappa shape index (κ3) is 4.37. The lowest BCUT2D eigenvalue weighted by molar-refractivity contribution is -0.112. The van der Waals surface area contributed by atoms with Gasteiger partial charge in [-0.15, -0.1) is 0 Å². The molecule has 7 nitrogen and oxygen atoms in total. The van der Waals surface area contributed by atoms with Crippen LogP contribution in [0.25, 0.3) is 0 Å². The Kier molecular flexibility index (Phi) is 5.84. The molecule has 0 aliphatic carbocycles. The van der Waals surface area contributed by atoms with Crippen molar-refractivity contribution in [3.05, 3.63) is 35.3 Å². The Balaban J connectivity index is 2.03. The lowest BCUT2D eigenvalue weighted by Gasteiger charge is -2.23. The number of nitrogens with one attached hydrogen (secondary N) is 3. The van der Waals surface area contributed by atoms with Crippen LogP contribution in [0.15, 0.2) is 29.6 Å². The van der Waals surface area contributed by atoms with E-state index in [2.05, 4.69) is 15.6 Å². The van der Waals surface area contributed by atoms with Crippen LogP contribution in [0.5, 0.6) is 0 Å². The van der Waals surface area contributed by atoms with Crippen molar-refractivity contribution < 1.29 is 9.53 Å². The van der Waals surface area contributed by atoms with Gasteiger partial charge >= 0.3 is 0 Å². The Morgan fingerprint density at radius 2 is 2.35 bits per heavy atom. The van der Waals surface area contributed by atoms with Crippen LogP contribution >= 0.6 is 0 Å².